The Morgan fingerprint density at radius 1 is 0.923 bits per heavy atom. The van der Waals surface area contributed by atoms with Gasteiger partial charge < -0.3 is 10.1 Å². The van der Waals surface area contributed by atoms with Gasteiger partial charge in [0, 0.05) is 17.8 Å². The highest BCUT2D eigenvalue weighted by Crippen LogP contribution is 2.13. The molecule has 3 nitrogen and oxygen atoms in total. The van der Waals surface area contributed by atoms with E-state index in [9.17, 15) is 0 Å². The molecule has 3 heteroatoms. The molecule has 0 unspecified atom stereocenters. The summed E-state index contributed by atoms with van der Waals surface area (Å²) in [5.74, 6) is 0.780. The van der Waals surface area contributed by atoms with Crippen LogP contribution in [0.4, 0.5) is 5.69 Å². The summed E-state index contributed by atoms with van der Waals surface area (Å²) in [6.45, 7) is 4.78. The molecule has 0 saturated carbocycles. The van der Waals surface area contributed by atoms with E-state index in [2.05, 4.69) is 53.7 Å². The standard InChI is InChI=1S/C23H36N2O/c1-2-3-4-5-6-7-8-9-10-11-12-13-18-24-22-16-14-21(15-17-22)23-25-19-20-26-23/h10-11,14-17,24H,2-9,12-13,18-20H2,1H3/b11-10+. The molecule has 144 valence electrons. The van der Waals surface area contributed by atoms with Crippen LogP contribution >= 0.6 is 0 Å². The van der Waals surface area contributed by atoms with Crippen molar-refractivity contribution in [3.63, 3.8) is 0 Å². The molecule has 0 aromatic heterocycles. The lowest BCUT2D eigenvalue weighted by molar-refractivity contribution is 0.348. The van der Waals surface area contributed by atoms with E-state index in [1.54, 1.807) is 0 Å². The number of hydrogen-bond donors (Lipinski definition) is 1. The molecule has 1 aliphatic rings. The summed E-state index contributed by atoms with van der Waals surface area (Å²) in [6.07, 6.45) is 18.0. The summed E-state index contributed by atoms with van der Waals surface area (Å²) in [7, 11) is 0. The highest BCUT2D eigenvalue weighted by molar-refractivity contribution is 5.95. The van der Waals surface area contributed by atoms with Gasteiger partial charge in [0.2, 0.25) is 5.90 Å². The fourth-order valence-electron chi connectivity index (χ4n) is 3.15. The number of anilines is 1. The number of ether oxygens (including phenoxy) is 1. The van der Waals surface area contributed by atoms with Crippen LogP contribution in [0.25, 0.3) is 0 Å². The van der Waals surface area contributed by atoms with Gasteiger partial charge in [-0.1, -0.05) is 57.6 Å². The zero-order valence-corrected chi connectivity index (χ0v) is 16.5. The molecule has 0 bridgehead atoms. The monoisotopic (exact) mass is 356 g/mol. The van der Waals surface area contributed by atoms with Crippen molar-refractivity contribution in [2.24, 2.45) is 4.99 Å². The SMILES string of the molecule is CCCCCCCCC/C=C/CCCNc1ccc(C2=NCCO2)cc1. The fourth-order valence-corrected chi connectivity index (χ4v) is 3.15. The summed E-state index contributed by atoms with van der Waals surface area (Å²) in [5.41, 5.74) is 2.24. The first-order valence-corrected chi connectivity index (χ1v) is 10.6. The third kappa shape index (κ3) is 8.55. The van der Waals surface area contributed by atoms with Crippen LogP contribution in [-0.4, -0.2) is 25.6 Å². The second-order valence-corrected chi connectivity index (χ2v) is 7.06. The summed E-state index contributed by atoms with van der Waals surface area (Å²) < 4.78 is 5.48. The number of unbranched alkanes of at least 4 members (excludes halogenated alkanes) is 8. The molecular formula is C23H36N2O. The quantitative estimate of drug-likeness (QED) is 0.311. The third-order valence-electron chi connectivity index (χ3n) is 4.74. The Morgan fingerprint density at radius 3 is 2.31 bits per heavy atom. The van der Waals surface area contributed by atoms with Gasteiger partial charge in [-0.15, -0.1) is 0 Å². The van der Waals surface area contributed by atoms with Crippen LogP contribution < -0.4 is 5.32 Å². The number of nitrogens with zero attached hydrogens (tertiary/aromatic N) is 1. The van der Waals surface area contributed by atoms with Crippen molar-refractivity contribution in [2.75, 3.05) is 25.0 Å². The number of benzene rings is 1. The minimum atomic E-state index is 0.710. The van der Waals surface area contributed by atoms with Crippen LogP contribution in [0.3, 0.4) is 0 Å². The Hall–Kier alpha value is -1.77. The van der Waals surface area contributed by atoms with Gasteiger partial charge in [0.25, 0.3) is 0 Å². The number of aliphatic imine (C=N–C) groups is 1. The molecule has 1 aromatic rings. The topological polar surface area (TPSA) is 33.6 Å². The molecule has 0 radical (unpaired) electrons. The maximum atomic E-state index is 5.48. The highest BCUT2D eigenvalue weighted by Gasteiger charge is 2.09. The van der Waals surface area contributed by atoms with E-state index in [-0.39, 0.29) is 0 Å². The minimum absolute atomic E-state index is 0.710. The Bertz CT molecular complexity index is 534. The molecule has 0 atom stereocenters. The molecule has 1 heterocycles. The average molecular weight is 357 g/mol. The maximum Gasteiger partial charge on any atom is 0.216 e. The van der Waals surface area contributed by atoms with Crippen molar-refractivity contribution >= 4 is 11.6 Å². The fraction of sp³-hybridized carbons (Fsp3) is 0.609. The van der Waals surface area contributed by atoms with Crippen LogP contribution in [0, 0.1) is 0 Å². The molecule has 0 spiro atoms. The zero-order valence-electron chi connectivity index (χ0n) is 16.5. The molecule has 0 aliphatic carbocycles. The Kier molecular flexibility index (Phi) is 10.6. The molecule has 1 aliphatic heterocycles. The second-order valence-electron chi connectivity index (χ2n) is 7.06. The molecule has 0 amide bonds. The van der Waals surface area contributed by atoms with Crippen molar-refractivity contribution in [3.8, 4) is 0 Å². The molecule has 1 N–H and O–H groups in total. The average Bonchev–Trinajstić information content (AvgIpc) is 3.21. The largest absolute Gasteiger partial charge is 0.476 e. The summed E-state index contributed by atoms with van der Waals surface area (Å²) in [6, 6.07) is 8.37. The van der Waals surface area contributed by atoms with Gasteiger partial charge in [-0.25, -0.2) is 4.99 Å². The van der Waals surface area contributed by atoms with Crippen molar-refractivity contribution in [1.29, 1.82) is 0 Å². The van der Waals surface area contributed by atoms with E-state index in [0.717, 1.165) is 31.0 Å². The maximum absolute atomic E-state index is 5.48. The van der Waals surface area contributed by atoms with E-state index in [0.29, 0.717) is 6.61 Å². The normalized spacial score (nSPS) is 13.8. The van der Waals surface area contributed by atoms with Gasteiger partial charge in [-0.05, 0) is 49.9 Å². The van der Waals surface area contributed by atoms with Crippen LogP contribution in [0.15, 0.2) is 41.4 Å². The van der Waals surface area contributed by atoms with Crippen LogP contribution in [-0.2, 0) is 4.74 Å². The molecule has 1 aromatic carbocycles. The number of hydrogen-bond acceptors (Lipinski definition) is 3. The lowest BCUT2D eigenvalue weighted by Crippen LogP contribution is -2.03. The second kappa shape index (κ2) is 13.4. The first-order chi connectivity index (χ1) is 12.9. The van der Waals surface area contributed by atoms with Crippen molar-refractivity contribution in [3.05, 3.63) is 42.0 Å². The van der Waals surface area contributed by atoms with Crippen molar-refractivity contribution in [1.82, 2.24) is 0 Å². The Labute approximate surface area is 159 Å². The first kappa shape index (κ1) is 20.5. The summed E-state index contributed by atoms with van der Waals surface area (Å²) in [4.78, 5) is 4.34. The number of allylic oxidation sites excluding steroid dienone is 2. The van der Waals surface area contributed by atoms with Crippen LogP contribution in [0.2, 0.25) is 0 Å². The predicted molar refractivity (Wildman–Crippen MR) is 113 cm³/mol. The van der Waals surface area contributed by atoms with E-state index >= 15 is 0 Å². The molecule has 0 fully saturated rings. The van der Waals surface area contributed by atoms with E-state index in [1.807, 2.05) is 0 Å². The first-order valence-electron chi connectivity index (χ1n) is 10.6. The summed E-state index contributed by atoms with van der Waals surface area (Å²) in [5, 5.41) is 3.48. The lowest BCUT2D eigenvalue weighted by Gasteiger charge is -2.07. The molecular weight excluding hydrogens is 320 g/mol. The van der Waals surface area contributed by atoms with Crippen molar-refractivity contribution in [2.45, 2.75) is 71.1 Å². The minimum Gasteiger partial charge on any atom is -0.476 e. The van der Waals surface area contributed by atoms with Crippen LogP contribution in [0.1, 0.15) is 76.7 Å². The predicted octanol–water partition coefficient (Wildman–Crippen LogP) is 6.35. The molecule has 2 rings (SSSR count). The van der Waals surface area contributed by atoms with Gasteiger partial charge in [0.1, 0.15) is 6.61 Å². The van der Waals surface area contributed by atoms with E-state index < -0.39 is 0 Å². The highest BCUT2D eigenvalue weighted by atomic mass is 16.5. The van der Waals surface area contributed by atoms with Gasteiger partial charge >= 0.3 is 0 Å². The number of nitrogens with one attached hydrogen (secondary N) is 1. The third-order valence-corrected chi connectivity index (χ3v) is 4.74. The lowest BCUT2D eigenvalue weighted by atomic mass is 10.1. The van der Waals surface area contributed by atoms with Gasteiger partial charge in [0.05, 0.1) is 6.54 Å². The number of rotatable bonds is 14. The molecule has 26 heavy (non-hydrogen) atoms. The van der Waals surface area contributed by atoms with Gasteiger partial charge in [-0.3, -0.25) is 0 Å². The Balaban J connectivity index is 1.45. The van der Waals surface area contributed by atoms with Crippen molar-refractivity contribution < 1.29 is 4.74 Å². The Morgan fingerprint density at radius 2 is 1.62 bits per heavy atom. The zero-order chi connectivity index (χ0) is 18.3. The van der Waals surface area contributed by atoms with E-state index in [4.69, 9.17) is 4.74 Å². The van der Waals surface area contributed by atoms with Crippen LogP contribution in [0.5, 0.6) is 0 Å². The molecule has 0 saturated heterocycles. The smallest absolute Gasteiger partial charge is 0.216 e. The van der Waals surface area contributed by atoms with E-state index in [1.165, 1.54) is 63.5 Å². The van der Waals surface area contributed by atoms with Gasteiger partial charge in [-0.2, -0.15) is 0 Å². The van der Waals surface area contributed by atoms with Gasteiger partial charge in [0.15, 0.2) is 0 Å². The summed E-state index contributed by atoms with van der Waals surface area (Å²) >= 11 is 0.